The van der Waals surface area contributed by atoms with Crippen LogP contribution in [0.1, 0.15) is 38.7 Å². The number of hydrogen-bond acceptors (Lipinski definition) is 2. The number of benzene rings is 1. The van der Waals surface area contributed by atoms with E-state index in [4.69, 9.17) is 0 Å². The molecule has 2 heterocycles. The van der Waals surface area contributed by atoms with Crippen molar-refractivity contribution in [3.63, 3.8) is 0 Å². The van der Waals surface area contributed by atoms with E-state index in [1.807, 2.05) is 6.07 Å². The summed E-state index contributed by atoms with van der Waals surface area (Å²) < 4.78 is 0. The van der Waals surface area contributed by atoms with Crippen molar-refractivity contribution < 1.29 is 4.79 Å². The molecule has 0 aromatic heterocycles. The van der Waals surface area contributed by atoms with Gasteiger partial charge < -0.3 is 10.2 Å². The summed E-state index contributed by atoms with van der Waals surface area (Å²) in [5.41, 5.74) is 2.45. The zero-order valence-corrected chi connectivity index (χ0v) is 12.4. The van der Waals surface area contributed by atoms with E-state index in [0.717, 1.165) is 37.9 Å². The number of hydrogen-bond donors (Lipinski definition) is 1. The van der Waals surface area contributed by atoms with Gasteiger partial charge in [0.25, 0.3) is 0 Å². The summed E-state index contributed by atoms with van der Waals surface area (Å²) in [5, 5.41) is 3.44. The molecule has 3 nitrogen and oxygen atoms in total. The highest BCUT2D eigenvalue weighted by Gasteiger charge is 2.33. The van der Waals surface area contributed by atoms with Crippen LogP contribution in [0.15, 0.2) is 24.3 Å². The minimum atomic E-state index is 0.139. The Labute approximate surface area is 121 Å². The Morgan fingerprint density at radius 3 is 2.75 bits per heavy atom. The maximum absolute atomic E-state index is 12.9. The average molecular weight is 272 g/mol. The number of amides is 1. The molecular weight excluding hydrogens is 248 g/mol. The third-order valence-electron chi connectivity index (χ3n) is 4.77. The molecule has 3 heteroatoms. The minimum Gasteiger partial charge on any atom is -0.313 e. The first-order chi connectivity index (χ1) is 9.66. The molecule has 1 aromatic rings. The van der Waals surface area contributed by atoms with E-state index in [0.29, 0.717) is 18.0 Å². The second kappa shape index (κ2) is 5.57. The topological polar surface area (TPSA) is 32.3 Å². The number of carbonyl (C=O) groups excluding carboxylic acids is 1. The van der Waals surface area contributed by atoms with E-state index in [2.05, 4.69) is 42.3 Å². The fraction of sp³-hybridized carbons (Fsp3) is 0.588. The molecule has 0 saturated carbocycles. The SMILES string of the molecule is CC1CCC(C(=O)N2c3ccccc3CCC2C)CN1. The van der Waals surface area contributed by atoms with Crippen LogP contribution in [0, 0.1) is 5.92 Å². The molecule has 1 amide bonds. The van der Waals surface area contributed by atoms with Gasteiger partial charge >= 0.3 is 0 Å². The standard InChI is InChI=1S/C17H24N2O/c1-12-7-9-15(11-18-12)17(20)19-13(2)8-10-14-5-3-4-6-16(14)19/h3-6,12-13,15,18H,7-11H2,1-2H3. The Morgan fingerprint density at radius 2 is 2.00 bits per heavy atom. The van der Waals surface area contributed by atoms with E-state index >= 15 is 0 Å². The van der Waals surface area contributed by atoms with E-state index in [1.165, 1.54) is 5.56 Å². The molecule has 108 valence electrons. The molecule has 1 saturated heterocycles. The second-order valence-corrected chi connectivity index (χ2v) is 6.31. The molecule has 1 N–H and O–H groups in total. The predicted octanol–water partition coefficient (Wildman–Crippen LogP) is 2.74. The van der Waals surface area contributed by atoms with Gasteiger partial charge in [0.05, 0.1) is 5.92 Å². The van der Waals surface area contributed by atoms with Crippen molar-refractivity contribution >= 4 is 11.6 Å². The van der Waals surface area contributed by atoms with Crippen LogP contribution in [-0.2, 0) is 11.2 Å². The normalized spacial score (nSPS) is 29.9. The molecule has 0 spiro atoms. The van der Waals surface area contributed by atoms with Gasteiger partial charge in [-0.25, -0.2) is 0 Å². The molecular formula is C17H24N2O. The summed E-state index contributed by atoms with van der Waals surface area (Å²) in [6, 6.07) is 9.23. The van der Waals surface area contributed by atoms with Crippen LogP contribution in [0.25, 0.3) is 0 Å². The van der Waals surface area contributed by atoms with Crippen molar-refractivity contribution in [1.29, 1.82) is 0 Å². The maximum Gasteiger partial charge on any atom is 0.231 e. The number of rotatable bonds is 1. The number of piperidine rings is 1. The Bertz CT molecular complexity index is 492. The molecule has 1 aromatic carbocycles. The first kappa shape index (κ1) is 13.6. The largest absolute Gasteiger partial charge is 0.313 e. The number of nitrogens with one attached hydrogen (secondary N) is 1. The Morgan fingerprint density at radius 1 is 1.20 bits per heavy atom. The molecule has 20 heavy (non-hydrogen) atoms. The maximum atomic E-state index is 12.9. The summed E-state index contributed by atoms with van der Waals surface area (Å²) in [7, 11) is 0. The van der Waals surface area contributed by atoms with E-state index in [9.17, 15) is 4.79 Å². The van der Waals surface area contributed by atoms with E-state index in [-0.39, 0.29) is 5.92 Å². The molecule has 0 aliphatic carbocycles. The zero-order chi connectivity index (χ0) is 14.1. The lowest BCUT2D eigenvalue weighted by Crippen LogP contribution is -2.50. The van der Waals surface area contributed by atoms with Gasteiger partial charge in [-0.3, -0.25) is 4.79 Å². The van der Waals surface area contributed by atoms with Crippen molar-refractivity contribution in [2.45, 2.75) is 51.6 Å². The zero-order valence-electron chi connectivity index (χ0n) is 12.4. The molecule has 3 atom stereocenters. The number of nitrogens with zero attached hydrogens (tertiary/aromatic N) is 1. The highest BCUT2D eigenvalue weighted by molar-refractivity contribution is 5.97. The van der Waals surface area contributed by atoms with Crippen LogP contribution >= 0.6 is 0 Å². The van der Waals surface area contributed by atoms with Gasteiger partial charge in [0.2, 0.25) is 5.91 Å². The number of aryl methyl sites for hydroxylation is 1. The lowest BCUT2D eigenvalue weighted by Gasteiger charge is -2.39. The van der Waals surface area contributed by atoms with Gasteiger partial charge in [-0.2, -0.15) is 0 Å². The van der Waals surface area contributed by atoms with Crippen LogP contribution in [-0.4, -0.2) is 24.5 Å². The molecule has 2 aliphatic heterocycles. The Balaban J connectivity index is 1.83. The van der Waals surface area contributed by atoms with Crippen molar-refractivity contribution in [2.75, 3.05) is 11.4 Å². The molecule has 2 aliphatic rings. The monoisotopic (exact) mass is 272 g/mol. The van der Waals surface area contributed by atoms with Gasteiger partial charge in [0, 0.05) is 24.3 Å². The fourth-order valence-corrected chi connectivity index (χ4v) is 3.43. The minimum absolute atomic E-state index is 0.139. The van der Waals surface area contributed by atoms with Crippen molar-refractivity contribution in [2.24, 2.45) is 5.92 Å². The summed E-state index contributed by atoms with van der Waals surface area (Å²) >= 11 is 0. The molecule has 0 radical (unpaired) electrons. The Kier molecular flexibility index (Phi) is 3.79. The highest BCUT2D eigenvalue weighted by atomic mass is 16.2. The van der Waals surface area contributed by atoms with Crippen LogP contribution in [0.5, 0.6) is 0 Å². The summed E-state index contributed by atoms with van der Waals surface area (Å²) in [6.07, 6.45) is 4.26. The first-order valence-electron chi connectivity index (χ1n) is 7.81. The Hall–Kier alpha value is -1.35. The van der Waals surface area contributed by atoms with Crippen LogP contribution in [0.4, 0.5) is 5.69 Å². The third kappa shape index (κ3) is 2.47. The fourth-order valence-electron chi connectivity index (χ4n) is 3.43. The number of fused-ring (bicyclic) bond motifs is 1. The molecule has 3 unspecified atom stereocenters. The quantitative estimate of drug-likeness (QED) is 0.852. The van der Waals surface area contributed by atoms with Gasteiger partial charge in [-0.1, -0.05) is 18.2 Å². The van der Waals surface area contributed by atoms with Gasteiger partial charge in [-0.05, 0) is 51.2 Å². The number of anilines is 1. The van der Waals surface area contributed by atoms with Gasteiger partial charge in [0.1, 0.15) is 0 Å². The lowest BCUT2D eigenvalue weighted by molar-refractivity contribution is -0.123. The van der Waals surface area contributed by atoms with Crippen LogP contribution in [0.2, 0.25) is 0 Å². The first-order valence-corrected chi connectivity index (χ1v) is 7.81. The van der Waals surface area contributed by atoms with Crippen LogP contribution < -0.4 is 10.2 Å². The predicted molar refractivity (Wildman–Crippen MR) is 81.9 cm³/mol. The van der Waals surface area contributed by atoms with Gasteiger partial charge in [-0.15, -0.1) is 0 Å². The van der Waals surface area contributed by atoms with E-state index < -0.39 is 0 Å². The molecule has 1 fully saturated rings. The summed E-state index contributed by atoms with van der Waals surface area (Å²) in [6.45, 7) is 5.19. The number of carbonyl (C=O) groups is 1. The summed E-state index contributed by atoms with van der Waals surface area (Å²) in [4.78, 5) is 15.0. The molecule has 0 bridgehead atoms. The smallest absolute Gasteiger partial charge is 0.231 e. The number of para-hydroxylation sites is 1. The van der Waals surface area contributed by atoms with Crippen molar-refractivity contribution in [3.8, 4) is 0 Å². The second-order valence-electron chi connectivity index (χ2n) is 6.31. The van der Waals surface area contributed by atoms with Gasteiger partial charge in [0.15, 0.2) is 0 Å². The molecule has 3 rings (SSSR count). The average Bonchev–Trinajstić information content (AvgIpc) is 2.47. The third-order valence-corrected chi connectivity index (χ3v) is 4.77. The highest BCUT2D eigenvalue weighted by Crippen LogP contribution is 2.32. The van der Waals surface area contributed by atoms with Crippen LogP contribution in [0.3, 0.4) is 0 Å². The van der Waals surface area contributed by atoms with E-state index in [1.54, 1.807) is 0 Å². The lowest BCUT2D eigenvalue weighted by atomic mass is 9.90. The summed E-state index contributed by atoms with van der Waals surface area (Å²) in [5.74, 6) is 0.448. The van der Waals surface area contributed by atoms with Crippen molar-refractivity contribution in [1.82, 2.24) is 5.32 Å². The van der Waals surface area contributed by atoms with Crippen molar-refractivity contribution in [3.05, 3.63) is 29.8 Å².